The van der Waals surface area contributed by atoms with E-state index in [1.54, 1.807) is 17.8 Å². The van der Waals surface area contributed by atoms with E-state index < -0.39 is 11.3 Å². The Bertz CT molecular complexity index is 1850. The number of piperidine rings is 1. The second-order valence-corrected chi connectivity index (χ2v) is 13.7. The second kappa shape index (κ2) is 11.7. The van der Waals surface area contributed by atoms with Gasteiger partial charge in [0.2, 0.25) is 0 Å². The van der Waals surface area contributed by atoms with Crippen LogP contribution in [0.4, 0.5) is 26.0 Å². The van der Waals surface area contributed by atoms with Crippen molar-refractivity contribution in [1.82, 2.24) is 35.1 Å². The Kier molecular flexibility index (Phi) is 7.61. The van der Waals surface area contributed by atoms with E-state index in [0.29, 0.717) is 49.8 Å². The molecule has 1 spiro atoms. The maximum atomic E-state index is 14.7. The number of pyridine rings is 1. The summed E-state index contributed by atoms with van der Waals surface area (Å²) >= 11 is 0. The lowest BCUT2D eigenvalue weighted by atomic mass is 9.69. The predicted octanol–water partition coefficient (Wildman–Crippen LogP) is 4.43. The lowest BCUT2D eigenvalue weighted by Gasteiger charge is -2.57. The van der Waals surface area contributed by atoms with Crippen LogP contribution in [0.3, 0.4) is 0 Å². The molecule has 4 aliphatic rings. The van der Waals surface area contributed by atoms with Crippen LogP contribution in [0.5, 0.6) is 0 Å². The third-order valence-electron chi connectivity index (χ3n) is 11.1. The van der Waals surface area contributed by atoms with Crippen molar-refractivity contribution in [3.8, 4) is 11.3 Å². The van der Waals surface area contributed by atoms with Crippen LogP contribution in [0.2, 0.25) is 0 Å². The zero-order valence-corrected chi connectivity index (χ0v) is 27.5. The van der Waals surface area contributed by atoms with Gasteiger partial charge in [-0.2, -0.15) is 0 Å². The number of nitrogens with zero attached hydrogens (tertiary/aromatic N) is 6. The number of anilines is 3. The molecule has 0 bridgehead atoms. The van der Waals surface area contributed by atoms with Crippen LogP contribution in [0.15, 0.2) is 48.8 Å². The maximum absolute atomic E-state index is 14.7. The lowest BCUT2D eigenvalue weighted by molar-refractivity contribution is -0.210. The Labute approximate surface area is 278 Å². The monoisotopic (exact) mass is 657 g/mol. The van der Waals surface area contributed by atoms with Crippen molar-refractivity contribution in [2.24, 2.45) is 5.41 Å². The number of rotatable bonds is 8. The first-order chi connectivity index (χ1) is 23.2. The van der Waals surface area contributed by atoms with E-state index in [9.17, 15) is 13.6 Å². The van der Waals surface area contributed by atoms with Crippen LogP contribution in [0.25, 0.3) is 16.9 Å². The van der Waals surface area contributed by atoms with Crippen LogP contribution in [0, 0.1) is 5.41 Å². The fourth-order valence-corrected chi connectivity index (χ4v) is 7.86. The molecule has 1 amide bonds. The van der Waals surface area contributed by atoms with E-state index in [4.69, 9.17) is 14.8 Å². The van der Waals surface area contributed by atoms with Crippen molar-refractivity contribution >= 4 is 28.7 Å². The normalized spacial score (nSPS) is 23.4. The highest BCUT2D eigenvalue weighted by atomic mass is 19.3. The number of carbonyl (C=O) groups is 1. The molecule has 4 aromatic rings. The highest BCUT2D eigenvalue weighted by molar-refractivity contribution is 5.94. The number of nitrogens with one attached hydrogen (secondary N) is 3. The summed E-state index contributed by atoms with van der Waals surface area (Å²) in [5.74, 6) is -2.20. The van der Waals surface area contributed by atoms with Crippen LogP contribution in [-0.2, 0) is 11.2 Å². The minimum atomic E-state index is -2.68. The van der Waals surface area contributed by atoms with E-state index in [0.717, 1.165) is 47.5 Å². The Morgan fingerprint density at radius 3 is 2.71 bits per heavy atom. The molecule has 6 heterocycles. The van der Waals surface area contributed by atoms with E-state index >= 15 is 0 Å². The number of aromatic nitrogens is 4. The van der Waals surface area contributed by atoms with E-state index in [1.807, 2.05) is 31.4 Å². The van der Waals surface area contributed by atoms with E-state index in [2.05, 4.69) is 55.9 Å². The summed E-state index contributed by atoms with van der Waals surface area (Å²) in [7, 11) is 3.50. The number of imidazole rings is 1. The summed E-state index contributed by atoms with van der Waals surface area (Å²) in [6, 6.07) is 12.3. The highest BCUT2D eigenvalue weighted by Crippen LogP contribution is 2.50. The Morgan fingerprint density at radius 2 is 2.00 bits per heavy atom. The van der Waals surface area contributed by atoms with Crippen molar-refractivity contribution in [2.75, 3.05) is 57.1 Å². The molecule has 1 aromatic carbocycles. The SMILES string of the molecule is CNc1cc(N2CCc3c(-c4ccc([C@@H](C)N5CC6(CCNCC6(F)F)C5)cn4)cccc32)nn2c(C(=O)N[C@@H]3CC[C@H]3OC)cnc12. The lowest BCUT2D eigenvalue weighted by Crippen LogP contribution is -2.69. The number of amides is 1. The summed E-state index contributed by atoms with van der Waals surface area (Å²) in [6.07, 6.45) is 6.59. The molecular weight excluding hydrogens is 616 g/mol. The van der Waals surface area contributed by atoms with Gasteiger partial charge in [-0.25, -0.2) is 18.3 Å². The van der Waals surface area contributed by atoms with Crippen molar-refractivity contribution < 1.29 is 18.3 Å². The second-order valence-electron chi connectivity index (χ2n) is 13.7. The summed E-state index contributed by atoms with van der Waals surface area (Å²) in [6.45, 7) is 4.01. The maximum Gasteiger partial charge on any atom is 0.271 e. The number of alkyl halides is 2. The van der Waals surface area contributed by atoms with Gasteiger partial charge in [0.15, 0.2) is 17.2 Å². The molecular formula is C35H41F2N9O2. The number of carbonyl (C=O) groups excluding carboxylic acids is 1. The molecule has 3 N–H and O–H groups in total. The summed E-state index contributed by atoms with van der Waals surface area (Å²) in [5, 5.41) is 14.1. The summed E-state index contributed by atoms with van der Waals surface area (Å²) < 4.78 is 36.5. The van der Waals surface area contributed by atoms with Crippen LogP contribution < -0.4 is 20.9 Å². The van der Waals surface area contributed by atoms with Crippen LogP contribution in [0.1, 0.15) is 53.8 Å². The zero-order chi connectivity index (χ0) is 33.2. The van der Waals surface area contributed by atoms with Gasteiger partial charge in [-0.15, -0.1) is 5.10 Å². The topological polar surface area (TPSA) is 112 Å². The van der Waals surface area contributed by atoms with Crippen LogP contribution in [-0.4, -0.2) is 95.3 Å². The average molecular weight is 658 g/mol. The van der Waals surface area contributed by atoms with Crippen LogP contribution >= 0.6 is 0 Å². The molecule has 1 aliphatic carbocycles. The predicted molar refractivity (Wildman–Crippen MR) is 179 cm³/mol. The van der Waals surface area contributed by atoms with Crippen molar-refractivity contribution in [2.45, 2.75) is 56.7 Å². The third-order valence-corrected chi connectivity index (χ3v) is 11.1. The number of halogens is 2. The molecule has 3 atom stereocenters. The van der Waals surface area contributed by atoms with Crippen molar-refractivity contribution in [3.63, 3.8) is 0 Å². The fraction of sp³-hybridized carbons (Fsp3) is 0.486. The molecule has 3 aromatic heterocycles. The first kappa shape index (κ1) is 31.1. The molecule has 48 heavy (non-hydrogen) atoms. The molecule has 0 unspecified atom stereocenters. The van der Waals surface area contributed by atoms with Gasteiger partial charge >= 0.3 is 0 Å². The Hall–Kier alpha value is -4.20. The number of methoxy groups -OCH3 is 1. The number of hydrogen-bond acceptors (Lipinski definition) is 9. The van der Waals surface area contributed by atoms with Gasteiger partial charge in [0, 0.05) is 63.3 Å². The number of hydrogen-bond donors (Lipinski definition) is 3. The first-order valence-corrected chi connectivity index (χ1v) is 16.8. The molecule has 13 heteroatoms. The van der Waals surface area contributed by atoms with Gasteiger partial charge in [0.1, 0.15) is 0 Å². The van der Waals surface area contributed by atoms with Gasteiger partial charge in [-0.05, 0) is 62.4 Å². The molecule has 2 saturated heterocycles. The summed E-state index contributed by atoms with van der Waals surface area (Å²) in [5.41, 5.74) is 5.96. The smallest absolute Gasteiger partial charge is 0.271 e. The third kappa shape index (κ3) is 4.93. The standard InChI is InChI=1S/C35H41F2N9O2/c1-21(44-19-34(20-44)12-13-39-18-35(34,36)37)22-7-8-25(40-16-22)23-5-4-6-28-24(23)11-14-45(28)31-15-27(38-2)32-41-17-29(46(32)43-31)33(47)42-26-9-10-30(26)48-3/h4-8,15-17,21,26,30,38-39H,9-14,18-20H2,1-3H3,(H,42,47)/t21-,26-,30-/m1/s1. The molecule has 8 rings (SSSR count). The Balaban J connectivity index is 1.03. The van der Waals surface area contributed by atoms with Gasteiger partial charge in [0.05, 0.1) is 41.7 Å². The molecule has 0 radical (unpaired) electrons. The molecule has 1 saturated carbocycles. The van der Waals surface area contributed by atoms with Gasteiger partial charge in [-0.3, -0.25) is 14.7 Å². The molecule has 3 aliphatic heterocycles. The van der Waals surface area contributed by atoms with Crippen molar-refractivity contribution in [1.29, 1.82) is 0 Å². The van der Waals surface area contributed by atoms with Gasteiger partial charge in [0.25, 0.3) is 11.8 Å². The zero-order valence-electron chi connectivity index (χ0n) is 27.5. The summed E-state index contributed by atoms with van der Waals surface area (Å²) in [4.78, 5) is 27.0. The number of benzene rings is 1. The molecule has 11 nitrogen and oxygen atoms in total. The van der Waals surface area contributed by atoms with Gasteiger partial charge in [-0.1, -0.05) is 18.2 Å². The van der Waals surface area contributed by atoms with E-state index in [-0.39, 0.29) is 30.6 Å². The highest BCUT2D eigenvalue weighted by Gasteiger charge is 2.61. The number of fused-ring (bicyclic) bond motifs is 2. The average Bonchev–Trinajstić information content (AvgIpc) is 3.70. The minimum absolute atomic E-state index is 0.00692. The fourth-order valence-electron chi connectivity index (χ4n) is 7.86. The van der Waals surface area contributed by atoms with Gasteiger partial charge < -0.3 is 25.6 Å². The molecule has 252 valence electrons. The number of ether oxygens (including phenoxy) is 1. The largest absolute Gasteiger partial charge is 0.385 e. The Morgan fingerprint density at radius 1 is 1.15 bits per heavy atom. The first-order valence-electron chi connectivity index (χ1n) is 16.8. The molecule has 3 fully saturated rings. The van der Waals surface area contributed by atoms with E-state index in [1.165, 1.54) is 5.56 Å². The quantitative estimate of drug-likeness (QED) is 0.254. The minimum Gasteiger partial charge on any atom is -0.385 e. The van der Waals surface area contributed by atoms with Crippen molar-refractivity contribution in [3.05, 3.63) is 65.6 Å². The number of likely N-dealkylation sites (tertiary alicyclic amines) is 1.